The van der Waals surface area contributed by atoms with Crippen LogP contribution in [0.15, 0.2) is 0 Å². The third-order valence-electron chi connectivity index (χ3n) is 7.24. The Balaban J connectivity index is 4.17. The zero-order chi connectivity index (χ0) is 31.2. The summed E-state index contributed by atoms with van der Waals surface area (Å²) >= 11 is 0. The molecule has 250 valence electrons. The number of ether oxygens (including phenoxy) is 2. The number of carbonyl (C=O) groups excluding carboxylic acids is 2. The van der Waals surface area contributed by atoms with Gasteiger partial charge in [0.25, 0.3) is 0 Å². The third-order valence-corrected chi connectivity index (χ3v) is 8.23. The number of nitrogens with two attached hydrogens (primary N) is 1. The molecule has 0 aromatic rings. The van der Waals surface area contributed by atoms with Crippen molar-refractivity contribution in [3.8, 4) is 0 Å². The highest BCUT2D eigenvalue weighted by molar-refractivity contribution is 7.47. The summed E-state index contributed by atoms with van der Waals surface area (Å²) in [7, 11) is -4.35. The van der Waals surface area contributed by atoms with Crippen LogP contribution in [0.2, 0.25) is 0 Å². The Labute approximate surface area is 257 Å². The Hall–Kier alpha value is -0.990. The molecule has 0 aromatic heterocycles. The van der Waals surface area contributed by atoms with Gasteiger partial charge in [-0.25, -0.2) is 4.57 Å². The van der Waals surface area contributed by atoms with E-state index in [0.717, 1.165) is 38.5 Å². The second kappa shape index (κ2) is 30.1. The molecule has 0 aliphatic heterocycles. The lowest BCUT2D eigenvalue weighted by Crippen LogP contribution is -2.29. The number of hydrogen-bond donors (Lipinski definition) is 2. The molecule has 0 saturated carbocycles. The van der Waals surface area contributed by atoms with Gasteiger partial charge in [-0.2, -0.15) is 0 Å². The first kappa shape index (κ1) is 41.0. The molecule has 3 N–H and O–H groups in total. The average molecular weight is 622 g/mol. The summed E-state index contributed by atoms with van der Waals surface area (Å²) in [6.45, 7) is 3.66. The zero-order valence-electron chi connectivity index (χ0n) is 27.0. The monoisotopic (exact) mass is 621 g/mol. The number of unbranched alkanes of at least 4 members (excludes halogenated alkanes) is 19. The summed E-state index contributed by atoms with van der Waals surface area (Å²) in [6.07, 6.45) is 24.5. The molecular formula is C32H64NO8P. The maximum Gasteiger partial charge on any atom is 0.472 e. The number of phosphoric acid groups is 1. The number of esters is 2. The first-order chi connectivity index (χ1) is 20.3. The molecule has 10 heteroatoms. The lowest BCUT2D eigenvalue weighted by molar-refractivity contribution is -0.161. The molecule has 0 fully saturated rings. The predicted molar refractivity (Wildman–Crippen MR) is 169 cm³/mol. The van der Waals surface area contributed by atoms with Gasteiger partial charge in [0.1, 0.15) is 6.61 Å². The van der Waals surface area contributed by atoms with Crippen LogP contribution >= 0.6 is 7.82 Å². The zero-order valence-corrected chi connectivity index (χ0v) is 27.9. The molecule has 0 heterocycles. The quantitative estimate of drug-likeness (QED) is 0.0430. The van der Waals surface area contributed by atoms with Gasteiger partial charge >= 0.3 is 19.8 Å². The molecule has 2 atom stereocenters. The van der Waals surface area contributed by atoms with E-state index in [0.29, 0.717) is 6.42 Å². The lowest BCUT2D eigenvalue weighted by atomic mass is 10.0. The number of phosphoric ester groups is 1. The van der Waals surface area contributed by atoms with E-state index in [1.807, 2.05) is 0 Å². The standard InChI is InChI=1S/C32H64NO8P/c1-3-5-7-9-11-12-13-14-15-16-17-18-19-21-23-25-32(35)41-30(29-40-42(36,37)39-27-26-33)28-38-31(34)24-22-20-10-8-6-4-2/h30H,3-29,33H2,1-2H3,(H,36,37)/t30-/m1/s1. The predicted octanol–water partition coefficient (Wildman–Crippen LogP) is 8.55. The highest BCUT2D eigenvalue weighted by atomic mass is 31.2. The van der Waals surface area contributed by atoms with Crippen LogP contribution in [-0.2, 0) is 32.7 Å². The molecule has 1 unspecified atom stereocenters. The van der Waals surface area contributed by atoms with E-state index >= 15 is 0 Å². The Morgan fingerprint density at radius 1 is 0.619 bits per heavy atom. The van der Waals surface area contributed by atoms with Crippen molar-refractivity contribution < 1.29 is 37.6 Å². The smallest absolute Gasteiger partial charge is 0.462 e. The van der Waals surface area contributed by atoms with E-state index in [-0.39, 0.29) is 38.6 Å². The van der Waals surface area contributed by atoms with Gasteiger partial charge in [0.2, 0.25) is 0 Å². The largest absolute Gasteiger partial charge is 0.472 e. The van der Waals surface area contributed by atoms with Crippen molar-refractivity contribution in [3.63, 3.8) is 0 Å². The van der Waals surface area contributed by atoms with Crippen molar-refractivity contribution in [2.75, 3.05) is 26.4 Å². The van der Waals surface area contributed by atoms with Crippen LogP contribution in [0.3, 0.4) is 0 Å². The molecule has 42 heavy (non-hydrogen) atoms. The molecule has 0 radical (unpaired) electrons. The van der Waals surface area contributed by atoms with Crippen LogP contribution < -0.4 is 5.73 Å². The van der Waals surface area contributed by atoms with E-state index in [2.05, 4.69) is 13.8 Å². The van der Waals surface area contributed by atoms with Gasteiger partial charge in [-0.15, -0.1) is 0 Å². The minimum Gasteiger partial charge on any atom is -0.462 e. The molecule has 0 aliphatic rings. The van der Waals surface area contributed by atoms with E-state index in [4.69, 9.17) is 24.3 Å². The number of rotatable bonds is 32. The normalized spacial score (nSPS) is 13.5. The molecular weight excluding hydrogens is 557 g/mol. The van der Waals surface area contributed by atoms with E-state index < -0.39 is 26.5 Å². The summed E-state index contributed by atoms with van der Waals surface area (Å²) < 4.78 is 32.4. The van der Waals surface area contributed by atoms with Gasteiger partial charge in [-0.05, 0) is 12.8 Å². The van der Waals surface area contributed by atoms with Crippen molar-refractivity contribution in [2.24, 2.45) is 5.73 Å². The molecule has 9 nitrogen and oxygen atoms in total. The average Bonchev–Trinajstić information content (AvgIpc) is 2.97. The van der Waals surface area contributed by atoms with Gasteiger partial charge in [0, 0.05) is 19.4 Å². The van der Waals surface area contributed by atoms with Crippen LogP contribution in [0.4, 0.5) is 0 Å². The van der Waals surface area contributed by atoms with Crippen LogP contribution in [0.1, 0.15) is 162 Å². The Kier molecular flexibility index (Phi) is 29.3. The Bertz CT molecular complexity index is 679. The topological polar surface area (TPSA) is 134 Å². The third kappa shape index (κ3) is 29.1. The van der Waals surface area contributed by atoms with Crippen molar-refractivity contribution in [2.45, 2.75) is 168 Å². The molecule has 0 aromatic carbocycles. The van der Waals surface area contributed by atoms with Crippen molar-refractivity contribution in [1.82, 2.24) is 0 Å². The second-order valence-electron chi connectivity index (χ2n) is 11.4. The molecule has 0 amide bonds. The lowest BCUT2D eigenvalue weighted by Gasteiger charge is -2.19. The van der Waals surface area contributed by atoms with Crippen molar-refractivity contribution in [3.05, 3.63) is 0 Å². The fourth-order valence-corrected chi connectivity index (χ4v) is 5.46. The second-order valence-corrected chi connectivity index (χ2v) is 12.9. The fourth-order valence-electron chi connectivity index (χ4n) is 4.69. The van der Waals surface area contributed by atoms with Crippen LogP contribution in [0.25, 0.3) is 0 Å². The molecule has 0 aliphatic carbocycles. The van der Waals surface area contributed by atoms with Crippen LogP contribution in [0.5, 0.6) is 0 Å². The van der Waals surface area contributed by atoms with Crippen molar-refractivity contribution in [1.29, 1.82) is 0 Å². The van der Waals surface area contributed by atoms with Gasteiger partial charge in [-0.1, -0.05) is 136 Å². The molecule has 0 bridgehead atoms. The first-order valence-electron chi connectivity index (χ1n) is 17.0. The van der Waals surface area contributed by atoms with E-state index in [1.165, 1.54) is 89.9 Å². The molecule has 0 spiro atoms. The van der Waals surface area contributed by atoms with Crippen LogP contribution in [-0.4, -0.2) is 49.3 Å². The fraction of sp³-hybridized carbons (Fsp3) is 0.938. The first-order valence-corrected chi connectivity index (χ1v) is 18.5. The summed E-state index contributed by atoms with van der Waals surface area (Å²) in [5.41, 5.74) is 5.30. The van der Waals surface area contributed by atoms with Gasteiger partial charge in [0.05, 0.1) is 13.2 Å². The Morgan fingerprint density at radius 3 is 1.45 bits per heavy atom. The summed E-state index contributed by atoms with van der Waals surface area (Å²) in [5, 5.41) is 0. The molecule has 0 saturated heterocycles. The van der Waals surface area contributed by atoms with Gasteiger partial charge in [0.15, 0.2) is 6.10 Å². The summed E-state index contributed by atoms with van der Waals surface area (Å²) in [5.74, 6) is -0.832. The highest BCUT2D eigenvalue weighted by Gasteiger charge is 2.25. The molecule has 0 rings (SSSR count). The number of hydrogen-bond acceptors (Lipinski definition) is 8. The maximum atomic E-state index is 12.4. The summed E-state index contributed by atoms with van der Waals surface area (Å²) in [4.78, 5) is 34.3. The van der Waals surface area contributed by atoms with E-state index in [9.17, 15) is 19.0 Å². The minimum absolute atomic E-state index is 0.0572. The SMILES string of the molecule is CCCCCCCCCCCCCCCCCC(=O)O[C@H](COC(=O)CCCCCCCC)COP(=O)(O)OCCN. The highest BCUT2D eigenvalue weighted by Crippen LogP contribution is 2.43. The van der Waals surface area contributed by atoms with Gasteiger partial charge < -0.3 is 20.1 Å². The Morgan fingerprint density at radius 2 is 1.02 bits per heavy atom. The minimum atomic E-state index is -4.35. The summed E-state index contributed by atoms with van der Waals surface area (Å²) in [6, 6.07) is 0. The number of carbonyl (C=O) groups is 2. The maximum absolute atomic E-state index is 12.4. The van der Waals surface area contributed by atoms with Gasteiger partial charge in [-0.3, -0.25) is 18.6 Å². The van der Waals surface area contributed by atoms with Crippen molar-refractivity contribution >= 4 is 19.8 Å². The van der Waals surface area contributed by atoms with E-state index in [1.54, 1.807) is 0 Å². The van der Waals surface area contributed by atoms with Crippen LogP contribution in [0, 0.1) is 0 Å².